The van der Waals surface area contributed by atoms with Crippen LogP contribution in [0.3, 0.4) is 0 Å². The molecule has 0 unspecified atom stereocenters. The first-order valence-electron chi connectivity index (χ1n) is 9.62. The van der Waals surface area contributed by atoms with Crippen molar-refractivity contribution >= 4 is 11.9 Å². The van der Waals surface area contributed by atoms with Crippen LogP contribution < -0.4 is 4.90 Å². The molecule has 25 heavy (non-hydrogen) atoms. The third-order valence-electron chi connectivity index (χ3n) is 5.20. The summed E-state index contributed by atoms with van der Waals surface area (Å²) in [6, 6.07) is 4.68. The second-order valence-corrected chi connectivity index (χ2v) is 8.14. The molecule has 1 aromatic rings. The maximum Gasteiger partial charge on any atom is 0.416 e. The van der Waals surface area contributed by atoms with Crippen molar-refractivity contribution in [3.8, 4) is 0 Å². The van der Waals surface area contributed by atoms with Crippen LogP contribution in [0, 0.1) is 0 Å². The van der Waals surface area contributed by atoms with Gasteiger partial charge >= 0.3 is 6.09 Å². The van der Waals surface area contributed by atoms with Crippen molar-refractivity contribution in [2.24, 2.45) is 0 Å². The van der Waals surface area contributed by atoms with Gasteiger partial charge in [0.25, 0.3) is 0 Å². The minimum absolute atomic E-state index is 0.208. The molecule has 1 aliphatic carbocycles. The van der Waals surface area contributed by atoms with Gasteiger partial charge in [0, 0.05) is 23.8 Å². The van der Waals surface area contributed by atoms with Crippen molar-refractivity contribution in [2.45, 2.75) is 77.5 Å². The third-order valence-corrected chi connectivity index (χ3v) is 5.20. The maximum atomic E-state index is 13.0. The summed E-state index contributed by atoms with van der Waals surface area (Å²) in [5.41, 5.74) is 0.663. The summed E-state index contributed by atoms with van der Waals surface area (Å²) in [6.45, 7) is 10.1. The minimum Gasteiger partial charge on any atom is -0.443 e. The molecule has 5 heteroatoms. The molecule has 2 heterocycles. The van der Waals surface area contributed by atoms with Gasteiger partial charge in [0.1, 0.15) is 11.4 Å². The monoisotopic (exact) mass is 345 g/mol. The van der Waals surface area contributed by atoms with Crippen LogP contribution in [0.4, 0.5) is 10.6 Å². The van der Waals surface area contributed by atoms with E-state index >= 15 is 0 Å². The van der Waals surface area contributed by atoms with Crippen molar-refractivity contribution < 1.29 is 9.53 Å². The van der Waals surface area contributed by atoms with Crippen LogP contribution in [0.15, 0.2) is 18.3 Å². The van der Waals surface area contributed by atoms with Crippen LogP contribution in [0.1, 0.15) is 71.4 Å². The normalized spacial score (nSPS) is 21.8. The fourth-order valence-electron chi connectivity index (χ4n) is 3.79. The Morgan fingerprint density at radius 2 is 2.08 bits per heavy atom. The van der Waals surface area contributed by atoms with E-state index in [4.69, 9.17) is 4.74 Å². The first-order valence-corrected chi connectivity index (χ1v) is 9.62. The highest BCUT2D eigenvalue weighted by Crippen LogP contribution is 2.39. The number of nitrogens with zero attached hydrogens (tertiary/aromatic N) is 3. The van der Waals surface area contributed by atoms with Crippen LogP contribution in [-0.2, 0) is 4.74 Å². The zero-order chi connectivity index (χ0) is 18.0. The van der Waals surface area contributed by atoms with Crippen molar-refractivity contribution in [3.05, 3.63) is 23.9 Å². The fourth-order valence-corrected chi connectivity index (χ4v) is 3.79. The lowest BCUT2D eigenvalue weighted by atomic mass is 9.91. The minimum atomic E-state index is -0.503. The number of ether oxygens (including phenoxy) is 1. The van der Waals surface area contributed by atoms with Gasteiger partial charge < -0.3 is 4.74 Å². The van der Waals surface area contributed by atoms with Crippen LogP contribution in [0.25, 0.3) is 0 Å². The smallest absolute Gasteiger partial charge is 0.416 e. The van der Waals surface area contributed by atoms with E-state index in [0.29, 0.717) is 6.04 Å². The molecule has 138 valence electrons. The molecule has 1 aliphatic heterocycles. The summed E-state index contributed by atoms with van der Waals surface area (Å²) in [4.78, 5) is 21.9. The molecule has 1 aromatic heterocycles. The van der Waals surface area contributed by atoms with Gasteiger partial charge in [0.15, 0.2) is 0 Å². The Kier molecular flexibility index (Phi) is 5.32. The highest BCUT2D eigenvalue weighted by molar-refractivity contribution is 5.88. The van der Waals surface area contributed by atoms with Crippen molar-refractivity contribution in [2.75, 3.05) is 18.0 Å². The molecule has 1 saturated carbocycles. The van der Waals surface area contributed by atoms with Gasteiger partial charge in [-0.15, -0.1) is 0 Å². The number of rotatable bonds is 4. The first-order chi connectivity index (χ1) is 11.9. The molecular weight excluding hydrogens is 314 g/mol. The number of pyridine rings is 1. The van der Waals surface area contributed by atoms with E-state index < -0.39 is 5.60 Å². The predicted molar refractivity (Wildman–Crippen MR) is 99.8 cm³/mol. The van der Waals surface area contributed by atoms with E-state index in [-0.39, 0.29) is 12.1 Å². The van der Waals surface area contributed by atoms with Gasteiger partial charge in [-0.2, -0.15) is 0 Å². The molecular formula is C20H31N3O2. The topological polar surface area (TPSA) is 45.7 Å². The Hall–Kier alpha value is -1.62. The molecule has 0 spiro atoms. The molecule has 0 radical (unpaired) electrons. The van der Waals surface area contributed by atoms with Gasteiger partial charge in [-0.1, -0.05) is 13.0 Å². The zero-order valence-corrected chi connectivity index (χ0v) is 16.0. The molecule has 1 amide bonds. The zero-order valence-electron chi connectivity index (χ0n) is 16.0. The standard InChI is InChI=1S/C20H31N3O2/c1-5-22-14-8-12-17(22)16-11-7-13-21-18(16)23(15-9-6-10-15)19(24)25-20(2,3)4/h7,11,13,15,17H,5-6,8-10,12,14H2,1-4H3/t17-/m1/s1. The Labute approximate surface area is 151 Å². The molecule has 5 nitrogen and oxygen atoms in total. The summed E-state index contributed by atoms with van der Waals surface area (Å²) >= 11 is 0. The Bertz CT molecular complexity index is 607. The second kappa shape index (κ2) is 7.32. The van der Waals surface area contributed by atoms with E-state index in [1.54, 1.807) is 6.20 Å². The summed E-state index contributed by atoms with van der Waals surface area (Å²) in [5.74, 6) is 0.798. The van der Waals surface area contributed by atoms with Gasteiger partial charge in [0.2, 0.25) is 0 Å². The first kappa shape index (κ1) is 18.2. The van der Waals surface area contributed by atoms with E-state index in [1.165, 1.54) is 12.0 Å². The average Bonchev–Trinajstić information content (AvgIpc) is 2.97. The number of likely N-dealkylation sites (tertiary alicyclic amines) is 1. The van der Waals surface area contributed by atoms with Gasteiger partial charge in [-0.3, -0.25) is 9.80 Å². The highest BCUT2D eigenvalue weighted by Gasteiger charge is 2.37. The predicted octanol–water partition coefficient (Wildman–Crippen LogP) is 4.53. The van der Waals surface area contributed by atoms with E-state index in [0.717, 1.165) is 44.6 Å². The van der Waals surface area contributed by atoms with Crippen molar-refractivity contribution in [1.82, 2.24) is 9.88 Å². The number of amides is 1. The Morgan fingerprint density at radius 1 is 1.32 bits per heavy atom. The molecule has 0 N–H and O–H groups in total. The molecule has 1 atom stereocenters. The summed E-state index contributed by atoms with van der Waals surface area (Å²) < 4.78 is 5.72. The largest absolute Gasteiger partial charge is 0.443 e. The van der Waals surface area contributed by atoms with Gasteiger partial charge in [-0.25, -0.2) is 9.78 Å². The molecule has 2 aliphatic rings. The lowest BCUT2D eigenvalue weighted by Gasteiger charge is -2.39. The number of hydrogen-bond donors (Lipinski definition) is 0. The number of aromatic nitrogens is 1. The number of carbonyl (C=O) groups is 1. The van der Waals surface area contributed by atoms with E-state index in [1.807, 2.05) is 31.7 Å². The molecule has 1 saturated heterocycles. The van der Waals surface area contributed by atoms with Gasteiger partial charge in [-0.05, 0) is 72.0 Å². The van der Waals surface area contributed by atoms with E-state index in [9.17, 15) is 4.79 Å². The third kappa shape index (κ3) is 3.97. The Balaban J connectivity index is 1.95. The summed E-state index contributed by atoms with van der Waals surface area (Å²) in [7, 11) is 0. The number of anilines is 1. The van der Waals surface area contributed by atoms with Crippen LogP contribution in [-0.4, -0.2) is 40.7 Å². The fraction of sp³-hybridized carbons (Fsp3) is 0.700. The quantitative estimate of drug-likeness (QED) is 0.804. The second-order valence-electron chi connectivity index (χ2n) is 8.14. The summed E-state index contributed by atoms with van der Waals surface area (Å²) in [6.07, 6.45) is 7.06. The number of hydrogen-bond acceptors (Lipinski definition) is 4. The maximum absolute atomic E-state index is 13.0. The molecule has 3 rings (SSSR count). The SMILES string of the molecule is CCN1CCC[C@@H]1c1cccnc1N(C(=O)OC(C)(C)C)C1CCC1. The van der Waals surface area contributed by atoms with Gasteiger partial charge in [0.05, 0.1) is 0 Å². The van der Waals surface area contributed by atoms with Crippen molar-refractivity contribution in [3.63, 3.8) is 0 Å². The van der Waals surface area contributed by atoms with E-state index in [2.05, 4.69) is 22.9 Å². The molecule has 2 fully saturated rings. The number of carbonyl (C=O) groups excluding carboxylic acids is 1. The Morgan fingerprint density at radius 3 is 2.68 bits per heavy atom. The van der Waals surface area contributed by atoms with Crippen molar-refractivity contribution in [1.29, 1.82) is 0 Å². The molecule has 0 aromatic carbocycles. The van der Waals surface area contributed by atoms with Crippen LogP contribution in [0.5, 0.6) is 0 Å². The van der Waals surface area contributed by atoms with Crippen LogP contribution >= 0.6 is 0 Å². The summed E-state index contributed by atoms with van der Waals surface area (Å²) in [5, 5.41) is 0. The lowest BCUT2D eigenvalue weighted by molar-refractivity contribution is 0.0547. The average molecular weight is 345 g/mol. The van der Waals surface area contributed by atoms with Crippen LogP contribution in [0.2, 0.25) is 0 Å². The lowest BCUT2D eigenvalue weighted by Crippen LogP contribution is -2.48. The molecule has 0 bridgehead atoms. The highest BCUT2D eigenvalue weighted by atomic mass is 16.6.